The third kappa shape index (κ3) is 3.38. The second-order valence-corrected chi connectivity index (χ2v) is 7.62. The summed E-state index contributed by atoms with van der Waals surface area (Å²) < 4.78 is 0. The summed E-state index contributed by atoms with van der Waals surface area (Å²) in [6.07, 6.45) is 5.53. The van der Waals surface area contributed by atoms with Gasteiger partial charge in [0.15, 0.2) is 0 Å². The summed E-state index contributed by atoms with van der Waals surface area (Å²) >= 11 is 0. The molecule has 1 N–H and O–H groups in total. The molecule has 0 aromatic carbocycles. The molecule has 2 saturated heterocycles. The minimum Gasteiger partial charge on any atom is -0.323 e. The van der Waals surface area contributed by atoms with Gasteiger partial charge in [0.1, 0.15) is 5.54 Å². The van der Waals surface area contributed by atoms with Gasteiger partial charge in [-0.25, -0.2) is 4.79 Å². The van der Waals surface area contributed by atoms with Crippen molar-refractivity contribution in [3.05, 3.63) is 23.8 Å². The second kappa shape index (κ2) is 6.71. The van der Waals surface area contributed by atoms with Crippen LogP contribution in [0.5, 0.6) is 0 Å². The van der Waals surface area contributed by atoms with Gasteiger partial charge in [-0.1, -0.05) is 0 Å². The van der Waals surface area contributed by atoms with Gasteiger partial charge in [0.2, 0.25) is 0 Å². The highest BCUT2D eigenvalue weighted by molar-refractivity contribution is 6.07. The van der Waals surface area contributed by atoms with E-state index < -0.39 is 5.54 Å². The zero-order valence-corrected chi connectivity index (χ0v) is 15.5. The fraction of sp³-hybridized carbons (Fsp3) is 0.667. The first kappa shape index (κ1) is 17.8. The van der Waals surface area contributed by atoms with Crippen molar-refractivity contribution in [1.29, 1.82) is 0 Å². The van der Waals surface area contributed by atoms with Gasteiger partial charge < -0.3 is 5.32 Å². The van der Waals surface area contributed by atoms with E-state index in [2.05, 4.69) is 20.2 Å². The Morgan fingerprint density at radius 1 is 1.32 bits per heavy atom. The zero-order valence-electron chi connectivity index (χ0n) is 15.5. The molecule has 0 bridgehead atoms. The van der Waals surface area contributed by atoms with Gasteiger partial charge in [0.05, 0.1) is 11.4 Å². The molecule has 25 heavy (non-hydrogen) atoms. The summed E-state index contributed by atoms with van der Waals surface area (Å²) in [7, 11) is 0. The van der Waals surface area contributed by atoms with Crippen LogP contribution >= 0.6 is 0 Å². The van der Waals surface area contributed by atoms with Crippen molar-refractivity contribution < 1.29 is 9.59 Å². The lowest BCUT2D eigenvalue weighted by molar-refractivity contribution is -0.134. The highest BCUT2D eigenvalue weighted by Gasteiger charge is 2.53. The van der Waals surface area contributed by atoms with E-state index in [9.17, 15) is 9.59 Å². The number of aromatic nitrogens is 2. The fourth-order valence-electron chi connectivity index (χ4n) is 3.82. The van der Waals surface area contributed by atoms with Crippen molar-refractivity contribution >= 4 is 11.9 Å². The van der Waals surface area contributed by atoms with Crippen LogP contribution in [0.2, 0.25) is 0 Å². The highest BCUT2D eigenvalue weighted by Crippen LogP contribution is 2.33. The number of urea groups is 1. The first-order valence-electron chi connectivity index (χ1n) is 8.97. The maximum atomic E-state index is 12.9. The monoisotopic (exact) mass is 345 g/mol. The average molecular weight is 345 g/mol. The van der Waals surface area contributed by atoms with E-state index in [1.54, 1.807) is 6.20 Å². The number of imide groups is 1. The van der Waals surface area contributed by atoms with E-state index in [1.807, 2.05) is 33.9 Å². The Balaban J connectivity index is 1.71. The van der Waals surface area contributed by atoms with Crippen molar-refractivity contribution in [2.75, 3.05) is 13.1 Å². The zero-order chi connectivity index (χ0) is 18.2. The van der Waals surface area contributed by atoms with Crippen LogP contribution in [-0.4, -0.2) is 56.4 Å². The Bertz CT molecular complexity index is 660. The van der Waals surface area contributed by atoms with Crippen LogP contribution in [0, 0.1) is 12.8 Å². The summed E-state index contributed by atoms with van der Waals surface area (Å²) in [5.41, 5.74) is 1.02. The molecule has 0 aliphatic carbocycles. The number of likely N-dealkylation sites (tertiary alicyclic amines) is 1. The van der Waals surface area contributed by atoms with Gasteiger partial charge in [-0.05, 0) is 47.1 Å². The van der Waals surface area contributed by atoms with Crippen LogP contribution in [0.1, 0.15) is 45.0 Å². The number of nitrogens with one attached hydrogen (secondary N) is 1. The van der Waals surface area contributed by atoms with Crippen LogP contribution in [0.15, 0.2) is 12.4 Å². The van der Waals surface area contributed by atoms with Gasteiger partial charge in [-0.2, -0.15) is 0 Å². The first-order chi connectivity index (χ1) is 11.8. The summed E-state index contributed by atoms with van der Waals surface area (Å²) in [5.74, 6) is -0.00525. The Hall–Kier alpha value is -2.02. The van der Waals surface area contributed by atoms with Crippen molar-refractivity contribution in [3.63, 3.8) is 0 Å². The third-order valence-electron chi connectivity index (χ3n) is 5.31. The summed E-state index contributed by atoms with van der Waals surface area (Å²) in [4.78, 5) is 37.5. The molecule has 2 unspecified atom stereocenters. The number of hydrogen-bond acceptors (Lipinski definition) is 5. The number of carbonyl (C=O) groups is 2. The van der Waals surface area contributed by atoms with Gasteiger partial charge in [-0.15, -0.1) is 0 Å². The quantitative estimate of drug-likeness (QED) is 0.841. The van der Waals surface area contributed by atoms with Gasteiger partial charge in [0, 0.05) is 37.4 Å². The Morgan fingerprint density at radius 2 is 2.08 bits per heavy atom. The van der Waals surface area contributed by atoms with Crippen molar-refractivity contribution in [2.24, 2.45) is 5.92 Å². The molecule has 136 valence electrons. The fourth-order valence-corrected chi connectivity index (χ4v) is 3.82. The number of piperidine rings is 1. The van der Waals surface area contributed by atoms with E-state index in [0.29, 0.717) is 0 Å². The predicted octanol–water partition coefficient (Wildman–Crippen LogP) is 1.72. The van der Waals surface area contributed by atoms with Gasteiger partial charge in [0.25, 0.3) is 5.91 Å². The number of hydrogen-bond donors (Lipinski definition) is 1. The minimum atomic E-state index is -0.820. The number of aryl methyl sites for hydroxylation is 1. The van der Waals surface area contributed by atoms with Crippen molar-refractivity contribution in [1.82, 2.24) is 25.1 Å². The molecule has 3 rings (SSSR count). The standard InChI is InChI=1S/C18H27N5O2/c1-12(2)23-16(24)18(4,21-17(23)25)14-6-5-7-22(10-14)11-15-9-19-13(3)8-20-15/h8-9,12,14H,5-7,10-11H2,1-4H3,(H,21,25). The number of carbonyl (C=O) groups excluding carboxylic acids is 2. The normalized spacial score (nSPS) is 27.9. The molecule has 0 radical (unpaired) electrons. The van der Waals surface area contributed by atoms with Crippen LogP contribution in [0.25, 0.3) is 0 Å². The summed E-state index contributed by atoms with van der Waals surface area (Å²) in [6.45, 7) is 9.98. The molecule has 0 spiro atoms. The molecule has 2 fully saturated rings. The molecule has 2 atom stereocenters. The lowest BCUT2D eigenvalue weighted by Gasteiger charge is -2.39. The van der Waals surface area contributed by atoms with E-state index in [4.69, 9.17) is 0 Å². The molecule has 7 heteroatoms. The predicted molar refractivity (Wildman–Crippen MR) is 93.7 cm³/mol. The van der Waals surface area contributed by atoms with E-state index in [-0.39, 0.29) is 23.9 Å². The van der Waals surface area contributed by atoms with Crippen LogP contribution in [0.3, 0.4) is 0 Å². The number of nitrogens with zero attached hydrogens (tertiary/aromatic N) is 4. The van der Waals surface area contributed by atoms with Crippen LogP contribution < -0.4 is 5.32 Å². The molecule has 1 aromatic rings. The lowest BCUT2D eigenvalue weighted by Crippen LogP contribution is -2.56. The van der Waals surface area contributed by atoms with E-state index >= 15 is 0 Å². The largest absolute Gasteiger partial charge is 0.325 e. The second-order valence-electron chi connectivity index (χ2n) is 7.62. The molecule has 3 heterocycles. The molecular weight excluding hydrogens is 318 g/mol. The smallest absolute Gasteiger partial charge is 0.323 e. The molecule has 2 aliphatic heterocycles. The van der Waals surface area contributed by atoms with Crippen LogP contribution in [0.4, 0.5) is 4.79 Å². The number of amides is 3. The molecular formula is C18H27N5O2. The highest BCUT2D eigenvalue weighted by atomic mass is 16.2. The molecule has 7 nitrogen and oxygen atoms in total. The minimum absolute atomic E-state index is 0.0971. The molecule has 2 aliphatic rings. The van der Waals surface area contributed by atoms with Crippen molar-refractivity contribution in [3.8, 4) is 0 Å². The Labute approximate surface area is 148 Å². The molecule has 0 saturated carbocycles. The van der Waals surface area contributed by atoms with Crippen molar-refractivity contribution in [2.45, 2.75) is 58.7 Å². The first-order valence-corrected chi connectivity index (χ1v) is 8.97. The number of rotatable bonds is 4. The SMILES string of the molecule is Cc1cnc(CN2CCCC(C3(C)NC(=O)N(C(C)C)C3=O)C2)cn1. The van der Waals surface area contributed by atoms with E-state index in [1.165, 1.54) is 4.90 Å². The Morgan fingerprint density at radius 3 is 2.68 bits per heavy atom. The Kier molecular flexibility index (Phi) is 4.77. The lowest BCUT2D eigenvalue weighted by atomic mass is 9.79. The third-order valence-corrected chi connectivity index (χ3v) is 5.31. The van der Waals surface area contributed by atoms with E-state index in [0.717, 1.165) is 43.9 Å². The maximum absolute atomic E-state index is 12.9. The molecule has 1 aromatic heterocycles. The van der Waals surface area contributed by atoms with Gasteiger partial charge >= 0.3 is 6.03 Å². The maximum Gasteiger partial charge on any atom is 0.325 e. The van der Waals surface area contributed by atoms with Gasteiger partial charge in [-0.3, -0.25) is 24.6 Å². The molecule has 3 amide bonds. The van der Waals surface area contributed by atoms with Crippen LogP contribution in [-0.2, 0) is 11.3 Å². The average Bonchev–Trinajstić information content (AvgIpc) is 2.80. The summed E-state index contributed by atoms with van der Waals surface area (Å²) in [6, 6.07) is -0.402. The summed E-state index contributed by atoms with van der Waals surface area (Å²) in [5, 5.41) is 2.96. The topological polar surface area (TPSA) is 78.4 Å².